The highest BCUT2D eigenvalue weighted by atomic mass is 32.1. The van der Waals surface area contributed by atoms with E-state index >= 15 is 0 Å². The topological polar surface area (TPSA) is 85.5 Å². The van der Waals surface area contributed by atoms with Gasteiger partial charge in [-0.3, -0.25) is 14.5 Å². The van der Waals surface area contributed by atoms with E-state index in [1.165, 1.54) is 11.3 Å². The molecule has 0 N–H and O–H groups in total. The fourth-order valence-electron chi connectivity index (χ4n) is 4.29. The molecule has 2 aromatic carbocycles. The molecule has 7 nitrogen and oxygen atoms in total. The van der Waals surface area contributed by atoms with E-state index in [1.54, 1.807) is 29.2 Å². The number of aromatic nitrogens is 2. The second kappa shape index (κ2) is 9.62. The molecule has 0 bridgehead atoms. The lowest BCUT2D eigenvalue weighted by molar-refractivity contribution is 0.0970. The number of hydrogen-bond acceptors (Lipinski definition) is 7. The van der Waals surface area contributed by atoms with E-state index in [0.29, 0.717) is 34.2 Å². The maximum atomic E-state index is 13.7. The Balaban J connectivity index is 1.62. The van der Waals surface area contributed by atoms with Gasteiger partial charge in [-0.1, -0.05) is 62.8 Å². The molecule has 4 aromatic rings. The summed E-state index contributed by atoms with van der Waals surface area (Å²) in [5, 5.41) is 10.4. The molecular weight excluding hydrogens is 462 g/mol. The first kappa shape index (κ1) is 23.2. The van der Waals surface area contributed by atoms with E-state index in [9.17, 15) is 9.59 Å². The van der Waals surface area contributed by atoms with Crippen molar-refractivity contribution in [3.63, 3.8) is 0 Å². The van der Waals surface area contributed by atoms with Gasteiger partial charge in [-0.05, 0) is 42.2 Å². The zero-order chi connectivity index (χ0) is 24.5. The van der Waals surface area contributed by atoms with Crippen LogP contribution in [-0.4, -0.2) is 22.7 Å². The highest BCUT2D eigenvalue weighted by Gasteiger charge is 2.45. The summed E-state index contributed by atoms with van der Waals surface area (Å²) < 4.78 is 11.8. The van der Waals surface area contributed by atoms with Crippen molar-refractivity contribution in [3.8, 4) is 5.75 Å². The molecule has 0 saturated heterocycles. The van der Waals surface area contributed by atoms with Gasteiger partial charge >= 0.3 is 0 Å². The number of benzene rings is 2. The smallest absolute Gasteiger partial charge is 0.297 e. The largest absolute Gasteiger partial charge is 0.494 e. The van der Waals surface area contributed by atoms with Gasteiger partial charge in [0, 0.05) is 6.42 Å². The van der Waals surface area contributed by atoms with Gasteiger partial charge in [0.15, 0.2) is 5.43 Å². The van der Waals surface area contributed by atoms with Crippen LogP contribution >= 0.6 is 11.3 Å². The Morgan fingerprint density at radius 1 is 1.09 bits per heavy atom. The number of fused-ring (bicyclic) bond motifs is 2. The molecule has 1 aliphatic rings. The molecule has 8 heteroatoms. The first-order valence-electron chi connectivity index (χ1n) is 11.9. The van der Waals surface area contributed by atoms with Gasteiger partial charge in [0.1, 0.15) is 16.3 Å². The van der Waals surface area contributed by atoms with E-state index in [2.05, 4.69) is 31.0 Å². The predicted octanol–water partition coefficient (Wildman–Crippen LogP) is 5.77. The summed E-state index contributed by atoms with van der Waals surface area (Å²) in [4.78, 5) is 28.8. The molecule has 180 valence electrons. The van der Waals surface area contributed by atoms with E-state index in [4.69, 9.17) is 9.15 Å². The Hall–Kier alpha value is -3.52. The number of hydrogen-bond donors (Lipinski definition) is 0. The van der Waals surface area contributed by atoms with Gasteiger partial charge < -0.3 is 9.15 Å². The standard InChI is InChI=1S/C27H27N3O4S/c1-4-5-14-33-18-12-10-17(11-13-18)23-22-24(31)19-8-6-7-9-20(19)34-25(22)26(32)30(23)27-29-28-21(35-27)15-16(2)3/h6-13,16,23H,4-5,14-15H2,1-3H3. The van der Waals surface area contributed by atoms with Gasteiger partial charge in [-0.15, -0.1) is 10.2 Å². The van der Waals surface area contributed by atoms with E-state index in [-0.39, 0.29) is 17.1 Å². The molecule has 0 spiro atoms. The van der Waals surface area contributed by atoms with Crippen LogP contribution in [0.15, 0.2) is 57.7 Å². The number of carbonyl (C=O) groups is 1. The molecular formula is C27H27N3O4S. The Bertz CT molecular complexity index is 1420. The summed E-state index contributed by atoms with van der Waals surface area (Å²) in [5.41, 5.74) is 1.29. The van der Waals surface area contributed by atoms with Crippen LogP contribution in [0.3, 0.4) is 0 Å². The molecule has 0 fully saturated rings. The maximum Gasteiger partial charge on any atom is 0.297 e. The second-order valence-electron chi connectivity index (χ2n) is 9.10. The minimum absolute atomic E-state index is 0.0579. The average Bonchev–Trinajstić information content (AvgIpc) is 3.41. The van der Waals surface area contributed by atoms with Crippen LogP contribution in [0.4, 0.5) is 5.13 Å². The van der Waals surface area contributed by atoms with Crippen molar-refractivity contribution in [2.24, 2.45) is 5.92 Å². The number of nitrogens with zero attached hydrogens (tertiary/aromatic N) is 3. The van der Waals surface area contributed by atoms with Crippen LogP contribution in [-0.2, 0) is 6.42 Å². The summed E-state index contributed by atoms with van der Waals surface area (Å²) in [5.74, 6) is 0.830. The third-order valence-electron chi connectivity index (χ3n) is 5.99. The number of ether oxygens (including phenoxy) is 1. The number of para-hydroxylation sites is 1. The molecule has 1 aliphatic heterocycles. The monoisotopic (exact) mass is 489 g/mol. The van der Waals surface area contributed by atoms with Crippen molar-refractivity contribution in [2.45, 2.75) is 46.1 Å². The number of unbranched alkanes of at least 4 members (excludes halogenated alkanes) is 1. The summed E-state index contributed by atoms with van der Waals surface area (Å²) in [6.07, 6.45) is 2.80. The number of carbonyl (C=O) groups excluding carboxylic acids is 1. The molecule has 1 amide bonds. The summed E-state index contributed by atoms with van der Waals surface area (Å²) in [6, 6.07) is 13.9. The van der Waals surface area contributed by atoms with Gasteiger partial charge in [0.05, 0.1) is 23.6 Å². The van der Waals surface area contributed by atoms with Crippen LogP contribution in [0.5, 0.6) is 5.75 Å². The number of rotatable bonds is 8. The Labute approximate surface area is 207 Å². The lowest BCUT2D eigenvalue weighted by Crippen LogP contribution is -2.29. The third kappa shape index (κ3) is 4.34. The van der Waals surface area contributed by atoms with Crippen molar-refractivity contribution in [3.05, 3.63) is 80.6 Å². The van der Waals surface area contributed by atoms with E-state index in [0.717, 1.165) is 35.6 Å². The molecule has 3 heterocycles. The zero-order valence-corrected chi connectivity index (χ0v) is 20.8. The minimum atomic E-state index is -0.664. The fourth-order valence-corrected chi connectivity index (χ4v) is 5.36. The van der Waals surface area contributed by atoms with Gasteiger partial charge in [-0.2, -0.15) is 0 Å². The Morgan fingerprint density at radius 2 is 1.86 bits per heavy atom. The molecule has 35 heavy (non-hydrogen) atoms. The summed E-state index contributed by atoms with van der Waals surface area (Å²) in [6.45, 7) is 6.98. The number of anilines is 1. The lowest BCUT2D eigenvalue weighted by Gasteiger charge is -2.22. The SMILES string of the molecule is CCCCOc1ccc(C2c3c(oc4ccccc4c3=O)C(=O)N2c2nnc(CC(C)C)s2)cc1. The highest BCUT2D eigenvalue weighted by Crippen LogP contribution is 2.42. The van der Waals surface area contributed by atoms with E-state index < -0.39 is 6.04 Å². The van der Waals surface area contributed by atoms with Crippen molar-refractivity contribution >= 4 is 33.3 Å². The maximum absolute atomic E-state index is 13.7. The third-order valence-corrected chi connectivity index (χ3v) is 6.93. The molecule has 5 rings (SSSR count). The van der Waals surface area contributed by atoms with Crippen LogP contribution < -0.4 is 15.1 Å². The van der Waals surface area contributed by atoms with Crippen molar-refractivity contribution in [1.29, 1.82) is 0 Å². The van der Waals surface area contributed by atoms with Gasteiger partial charge in [0.25, 0.3) is 5.91 Å². The summed E-state index contributed by atoms with van der Waals surface area (Å²) in [7, 11) is 0. The van der Waals surface area contributed by atoms with Crippen molar-refractivity contribution in [1.82, 2.24) is 10.2 Å². The molecule has 0 saturated carbocycles. The van der Waals surface area contributed by atoms with Gasteiger partial charge in [-0.25, -0.2) is 0 Å². The quantitative estimate of drug-likeness (QED) is 0.292. The first-order valence-corrected chi connectivity index (χ1v) is 12.7. The molecule has 2 aromatic heterocycles. The minimum Gasteiger partial charge on any atom is -0.494 e. The fraction of sp³-hybridized carbons (Fsp3) is 0.333. The Kier molecular flexibility index (Phi) is 6.38. The van der Waals surface area contributed by atoms with Crippen LogP contribution in [0.25, 0.3) is 11.0 Å². The Morgan fingerprint density at radius 3 is 2.60 bits per heavy atom. The van der Waals surface area contributed by atoms with Crippen LogP contribution in [0.1, 0.15) is 66.3 Å². The average molecular weight is 490 g/mol. The highest BCUT2D eigenvalue weighted by molar-refractivity contribution is 7.15. The second-order valence-corrected chi connectivity index (χ2v) is 10.1. The summed E-state index contributed by atoms with van der Waals surface area (Å²) >= 11 is 1.37. The molecule has 1 atom stereocenters. The van der Waals surface area contributed by atoms with Crippen LogP contribution in [0, 0.1) is 5.92 Å². The van der Waals surface area contributed by atoms with Crippen molar-refractivity contribution in [2.75, 3.05) is 11.5 Å². The van der Waals surface area contributed by atoms with Crippen LogP contribution in [0.2, 0.25) is 0 Å². The molecule has 1 unspecified atom stereocenters. The normalized spacial score (nSPS) is 15.3. The zero-order valence-electron chi connectivity index (χ0n) is 20.0. The lowest BCUT2D eigenvalue weighted by atomic mass is 9.98. The van der Waals surface area contributed by atoms with Crippen molar-refractivity contribution < 1.29 is 13.9 Å². The van der Waals surface area contributed by atoms with E-state index in [1.807, 2.05) is 24.3 Å². The number of amides is 1. The molecule has 0 radical (unpaired) electrons. The van der Waals surface area contributed by atoms with Gasteiger partial charge in [0.2, 0.25) is 10.9 Å². The molecule has 0 aliphatic carbocycles. The predicted molar refractivity (Wildman–Crippen MR) is 136 cm³/mol. The first-order chi connectivity index (χ1) is 17.0.